The third-order valence-corrected chi connectivity index (χ3v) is 3.84. The number of nitrogens with one attached hydrogen (secondary N) is 1. The standard InChI is InChI=1S/C11H17BrN2O2S/c1-8(15)7-14(2)11(16)13-6-5-9-3-4-10(12)17-9/h3-4,8,15H,5-7H2,1-2H3,(H,13,16). The van der Waals surface area contributed by atoms with E-state index in [2.05, 4.69) is 21.2 Å². The van der Waals surface area contributed by atoms with Gasteiger partial charge in [-0.15, -0.1) is 11.3 Å². The molecule has 1 aromatic heterocycles. The van der Waals surface area contributed by atoms with Crippen molar-refractivity contribution in [3.63, 3.8) is 0 Å². The summed E-state index contributed by atoms with van der Waals surface area (Å²) in [5.74, 6) is 0. The maximum absolute atomic E-state index is 11.6. The van der Waals surface area contributed by atoms with Crippen LogP contribution in [0.5, 0.6) is 0 Å². The second-order valence-electron chi connectivity index (χ2n) is 3.92. The molecule has 0 aliphatic heterocycles. The van der Waals surface area contributed by atoms with Crippen molar-refractivity contribution in [1.82, 2.24) is 10.2 Å². The summed E-state index contributed by atoms with van der Waals surface area (Å²) in [5, 5.41) is 12.0. The van der Waals surface area contributed by atoms with Gasteiger partial charge in [-0.05, 0) is 41.4 Å². The van der Waals surface area contributed by atoms with Crippen molar-refractivity contribution in [2.24, 2.45) is 0 Å². The van der Waals surface area contributed by atoms with E-state index in [4.69, 9.17) is 5.11 Å². The summed E-state index contributed by atoms with van der Waals surface area (Å²) in [6.45, 7) is 2.61. The summed E-state index contributed by atoms with van der Waals surface area (Å²) >= 11 is 5.07. The Labute approximate surface area is 114 Å². The van der Waals surface area contributed by atoms with Crippen molar-refractivity contribution in [3.05, 3.63) is 20.8 Å². The van der Waals surface area contributed by atoms with Gasteiger partial charge in [0, 0.05) is 25.0 Å². The molecule has 4 nitrogen and oxygen atoms in total. The first kappa shape index (κ1) is 14.5. The van der Waals surface area contributed by atoms with Gasteiger partial charge in [-0.1, -0.05) is 0 Å². The highest BCUT2D eigenvalue weighted by atomic mass is 79.9. The van der Waals surface area contributed by atoms with Crippen LogP contribution in [0.1, 0.15) is 11.8 Å². The lowest BCUT2D eigenvalue weighted by Crippen LogP contribution is -2.41. The summed E-state index contributed by atoms with van der Waals surface area (Å²) in [7, 11) is 1.67. The number of carbonyl (C=O) groups is 1. The van der Waals surface area contributed by atoms with Gasteiger partial charge in [0.1, 0.15) is 0 Å². The van der Waals surface area contributed by atoms with Gasteiger partial charge in [0.2, 0.25) is 0 Å². The van der Waals surface area contributed by atoms with Crippen molar-refractivity contribution in [3.8, 4) is 0 Å². The molecule has 17 heavy (non-hydrogen) atoms. The molecule has 0 fully saturated rings. The molecule has 2 N–H and O–H groups in total. The highest BCUT2D eigenvalue weighted by Gasteiger charge is 2.09. The summed E-state index contributed by atoms with van der Waals surface area (Å²) in [5.41, 5.74) is 0. The monoisotopic (exact) mass is 320 g/mol. The minimum Gasteiger partial charge on any atom is -0.392 e. The van der Waals surface area contributed by atoms with Crippen molar-refractivity contribution in [2.75, 3.05) is 20.1 Å². The normalized spacial score (nSPS) is 12.2. The first-order chi connectivity index (χ1) is 7.99. The number of rotatable bonds is 5. The molecule has 0 aliphatic rings. The van der Waals surface area contributed by atoms with Gasteiger partial charge < -0.3 is 15.3 Å². The van der Waals surface area contributed by atoms with E-state index < -0.39 is 6.10 Å². The van der Waals surface area contributed by atoms with Crippen molar-refractivity contribution < 1.29 is 9.90 Å². The number of carbonyl (C=O) groups excluding carboxylic acids is 1. The number of hydrogen-bond acceptors (Lipinski definition) is 3. The van der Waals surface area contributed by atoms with Gasteiger partial charge in [-0.25, -0.2) is 4.79 Å². The van der Waals surface area contributed by atoms with Gasteiger partial charge in [0.05, 0.1) is 9.89 Å². The number of aliphatic hydroxyl groups excluding tert-OH is 1. The van der Waals surface area contributed by atoms with Gasteiger partial charge in [-0.2, -0.15) is 0 Å². The number of thiophene rings is 1. The molecular weight excluding hydrogens is 304 g/mol. The Morgan fingerprint density at radius 1 is 1.65 bits per heavy atom. The second-order valence-corrected chi connectivity index (χ2v) is 6.46. The van der Waals surface area contributed by atoms with Crippen LogP contribution in [0.2, 0.25) is 0 Å². The van der Waals surface area contributed by atoms with E-state index >= 15 is 0 Å². The minimum absolute atomic E-state index is 0.151. The smallest absolute Gasteiger partial charge is 0.317 e. The van der Waals surface area contributed by atoms with E-state index in [-0.39, 0.29) is 6.03 Å². The highest BCUT2D eigenvalue weighted by molar-refractivity contribution is 9.11. The Morgan fingerprint density at radius 2 is 2.35 bits per heavy atom. The van der Waals surface area contributed by atoms with E-state index in [9.17, 15) is 4.79 Å². The molecule has 1 unspecified atom stereocenters. The fourth-order valence-corrected chi connectivity index (χ4v) is 2.88. The first-order valence-corrected chi connectivity index (χ1v) is 7.01. The van der Waals surface area contributed by atoms with Crippen LogP contribution in [0.3, 0.4) is 0 Å². The molecule has 0 saturated heterocycles. The molecular formula is C11H17BrN2O2S. The van der Waals surface area contributed by atoms with Crippen molar-refractivity contribution >= 4 is 33.3 Å². The number of aliphatic hydroxyl groups is 1. The zero-order valence-electron chi connectivity index (χ0n) is 9.94. The molecule has 0 radical (unpaired) electrons. The van der Waals surface area contributed by atoms with Crippen LogP contribution in [0.15, 0.2) is 15.9 Å². The van der Waals surface area contributed by atoms with Gasteiger partial charge in [0.15, 0.2) is 0 Å². The number of halogens is 1. The van der Waals surface area contributed by atoms with Crippen LogP contribution in [0, 0.1) is 0 Å². The molecule has 2 amide bonds. The Kier molecular flexibility index (Phi) is 5.94. The van der Waals surface area contributed by atoms with E-state index in [1.165, 1.54) is 9.78 Å². The quantitative estimate of drug-likeness (QED) is 0.872. The number of hydrogen-bond donors (Lipinski definition) is 2. The zero-order valence-corrected chi connectivity index (χ0v) is 12.3. The van der Waals surface area contributed by atoms with Crippen LogP contribution in [0.4, 0.5) is 4.79 Å². The maximum Gasteiger partial charge on any atom is 0.317 e. The molecule has 1 rings (SSSR count). The van der Waals surface area contributed by atoms with Crippen LogP contribution in [-0.4, -0.2) is 42.3 Å². The number of likely N-dealkylation sites (N-methyl/N-ethyl adjacent to an activating group) is 1. The first-order valence-electron chi connectivity index (χ1n) is 5.40. The third kappa shape index (κ3) is 5.52. The summed E-state index contributed by atoms with van der Waals surface area (Å²) in [6.07, 6.45) is 0.323. The molecule has 0 bridgehead atoms. The fourth-order valence-electron chi connectivity index (χ4n) is 1.39. The van der Waals surface area contributed by atoms with Gasteiger partial charge in [0.25, 0.3) is 0 Å². The molecule has 1 heterocycles. The number of amides is 2. The number of nitrogens with zero attached hydrogens (tertiary/aromatic N) is 1. The van der Waals surface area contributed by atoms with E-state index in [1.807, 2.05) is 12.1 Å². The van der Waals surface area contributed by atoms with Gasteiger partial charge >= 0.3 is 6.03 Å². The van der Waals surface area contributed by atoms with Gasteiger partial charge in [-0.3, -0.25) is 0 Å². The largest absolute Gasteiger partial charge is 0.392 e. The lowest BCUT2D eigenvalue weighted by Gasteiger charge is -2.19. The summed E-state index contributed by atoms with van der Waals surface area (Å²) in [4.78, 5) is 14.3. The van der Waals surface area contributed by atoms with Crippen LogP contribution >= 0.6 is 27.3 Å². The predicted molar refractivity (Wildman–Crippen MR) is 73.4 cm³/mol. The Balaban J connectivity index is 2.24. The Hall–Kier alpha value is -0.590. The molecule has 6 heteroatoms. The van der Waals surface area contributed by atoms with Crippen molar-refractivity contribution in [1.29, 1.82) is 0 Å². The third-order valence-electron chi connectivity index (χ3n) is 2.16. The predicted octanol–water partition coefficient (Wildman–Crippen LogP) is 2.08. The Bertz CT molecular complexity index is 368. The molecule has 0 saturated carbocycles. The summed E-state index contributed by atoms with van der Waals surface area (Å²) < 4.78 is 1.10. The van der Waals surface area contributed by atoms with Crippen molar-refractivity contribution in [2.45, 2.75) is 19.4 Å². The highest BCUT2D eigenvalue weighted by Crippen LogP contribution is 2.21. The lowest BCUT2D eigenvalue weighted by molar-refractivity contribution is 0.144. The van der Waals surface area contributed by atoms with Crippen LogP contribution in [-0.2, 0) is 6.42 Å². The Morgan fingerprint density at radius 3 is 2.88 bits per heavy atom. The van der Waals surface area contributed by atoms with Crippen LogP contribution in [0.25, 0.3) is 0 Å². The maximum atomic E-state index is 11.6. The molecule has 96 valence electrons. The molecule has 1 aromatic rings. The lowest BCUT2D eigenvalue weighted by atomic mass is 10.3. The average molecular weight is 321 g/mol. The second kappa shape index (κ2) is 6.98. The molecule has 0 aromatic carbocycles. The molecule has 0 spiro atoms. The average Bonchev–Trinajstić information content (AvgIpc) is 2.63. The van der Waals surface area contributed by atoms with E-state index in [0.717, 1.165) is 10.2 Å². The SMILES string of the molecule is CC(O)CN(C)C(=O)NCCc1ccc(Br)s1. The molecule has 0 aliphatic carbocycles. The van der Waals surface area contributed by atoms with E-state index in [1.54, 1.807) is 25.3 Å². The molecule has 1 atom stereocenters. The van der Waals surface area contributed by atoms with E-state index in [0.29, 0.717) is 13.1 Å². The summed E-state index contributed by atoms with van der Waals surface area (Å²) in [6, 6.07) is 3.89. The number of urea groups is 1. The zero-order chi connectivity index (χ0) is 12.8. The van der Waals surface area contributed by atoms with Crippen LogP contribution < -0.4 is 5.32 Å². The fraction of sp³-hybridized carbons (Fsp3) is 0.545. The minimum atomic E-state index is -0.501. The topological polar surface area (TPSA) is 52.6 Å².